The number of ether oxygens (including phenoxy) is 2. The van der Waals surface area contributed by atoms with E-state index in [1.54, 1.807) is 24.0 Å². The van der Waals surface area contributed by atoms with Gasteiger partial charge in [-0.3, -0.25) is 14.2 Å². The van der Waals surface area contributed by atoms with Crippen molar-refractivity contribution in [3.8, 4) is 0 Å². The molecule has 9 heteroatoms. The number of halogens is 1. The largest absolute Gasteiger partial charge is 0.463 e. The molecule has 0 N–H and O–H groups in total. The van der Waals surface area contributed by atoms with Gasteiger partial charge in [0, 0.05) is 13.1 Å². The summed E-state index contributed by atoms with van der Waals surface area (Å²) in [5, 5.41) is 0. The van der Waals surface area contributed by atoms with E-state index < -0.39 is 17.3 Å². The summed E-state index contributed by atoms with van der Waals surface area (Å²) in [6.45, 7) is 3.49. The molecule has 2 aromatic rings. The van der Waals surface area contributed by atoms with Crippen LogP contribution in [0.15, 0.2) is 29.1 Å². The molecule has 1 fully saturated rings. The molecule has 0 aliphatic carbocycles. The van der Waals surface area contributed by atoms with Crippen LogP contribution in [-0.4, -0.2) is 54.3 Å². The minimum Gasteiger partial charge on any atom is -0.463 e. The topological polar surface area (TPSA) is 77.8 Å². The molecule has 0 spiro atoms. The van der Waals surface area contributed by atoms with Gasteiger partial charge in [0.1, 0.15) is 17.0 Å². The molecule has 1 aromatic carbocycles. The van der Waals surface area contributed by atoms with Gasteiger partial charge in [-0.15, -0.1) is 11.3 Å². The van der Waals surface area contributed by atoms with Gasteiger partial charge >= 0.3 is 5.97 Å². The number of hydrogen-bond donors (Lipinski definition) is 0. The molecule has 1 aliphatic heterocycles. The Morgan fingerprint density at radius 2 is 2.07 bits per heavy atom. The number of esters is 1. The Bertz CT molecular complexity index is 1070. The van der Waals surface area contributed by atoms with Crippen LogP contribution in [0.25, 0.3) is 12.2 Å². The average molecular weight is 420 g/mol. The predicted octanol–water partition coefficient (Wildman–Crippen LogP) is 0.0801. The highest BCUT2D eigenvalue weighted by Gasteiger charge is 2.19. The molecule has 0 radical (unpaired) electrons. The summed E-state index contributed by atoms with van der Waals surface area (Å²) in [6.07, 6.45) is 2.74. The molecule has 1 amide bonds. The van der Waals surface area contributed by atoms with Gasteiger partial charge in [0.05, 0.1) is 30.4 Å². The van der Waals surface area contributed by atoms with Crippen LogP contribution in [0.4, 0.5) is 4.39 Å². The highest BCUT2D eigenvalue weighted by molar-refractivity contribution is 7.07. The number of thiazole rings is 1. The van der Waals surface area contributed by atoms with E-state index in [9.17, 15) is 18.8 Å². The van der Waals surface area contributed by atoms with E-state index in [4.69, 9.17) is 9.47 Å². The number of nitrogens with zero attached hydrogens (tertiary/aromatic N) is 2. The monoisotopic (exact) mass is 420 g/mol. The van der Waals surface area contributed by atoms with E-state index >= 15 is 0 Å². The Kier molecular flexibility index (Phi) is 6.95. The molecular weight excluding hydrogens is 399 g/mol. The van der Waals surface area contributed by atoms with Gasteiger partial charge in [0.25, 0.3) is 5.56 Å². The zero-order valence-electron chi connectivity index (χ0n) is 15.9. The Morgan fingerprint density at radius 3 is 2.76 bits per heavy atom. The van der Waals surface area contributed by atoms with Gasteiger partial charge in [-0.2, -0.15) is 0 Å². The van der Waals surface area contributed by atoms with Crippen LogP contribution in [0.2, 0.25) is 0 Å². The van der Waals surface area contributed by atoms with Gasteiger partial charge < -0.3 is 14.4 Å². The Balaban J connectivity index is 2.02. The molecule has 0 unspecified atom stereocenters. The smallest absolute Gasteiger partial charge is 0.333 e. The molecule has 1 saturated heterocycles. The van der Waals surface area contributed by atoms with Crippen molar-refractivity contribution in [2.45, 2.75) is 13.5 Å². The molecule has 3 rings (SSSR count). The lowest BCUT2D eigenvalue weighted by Gasteiger charge is -2.26. The quantitative estimate of drug-likeness (QED) is 0.641. The Hall–Kier alpha value is -2.78. The van der Waals surface area contributed by atoms with Gasteiger partial charge in [0.15, 0.2) is 0 Å². The normalized spacial score (nSPS) is 15.6. The number of amides is 1. The SMILES string of the molecule is CCOC(=O)C=c1sc(=Cc2cccc(F)c2)c(=O)n1CC(=O)N1CCOCC1. The maximum atomic E-state index is 13.5. The van der Waals surface area contributed by atoms with Crippen molar-refractivity contribution in [2.75, 3.05) is 32.9 Å². The van der Waals surface area contributed by atoms with Crippen molar-refractivity contribution in [3.63, 3.8) is 0 Å². The third-order valence-electron chi connectivity index (χ3n) is 4.27. The molecule has 0 bridgehead atoms. The number of aromatic nitrogens is 1. The van der Waals surface area contributed by atoms with E-state index in [1.807, 2.05) is 0 Å². The van der Waals surface area contributed by atoms with E-state index in [-0.39, 0.29) is 19.1 Å². The molecule has 1 aliphatic rings. The van der Waals surface area contributed by atoms with Gasteiger partial charge in [0.2, 0.25) is 5.91 Å². The summed E-state index contributed by atoms with van der Waals surface area (Å²) in [6, 6.07) is 5.82. The lowest BCUT2D eigenvalue weighted by atomic mass is 10.2. The molecular formula is C20H21FN2O5S. The second-order valence-corrected chi connectivity index (χ2v) is 7.35. The maximum absolute atomic E-state index is 13.5. The van der Waals surface area contributed by atoms with Crippen LogP contribution in [0, 0.1) is 5.82 Å². The van der Waals surface area contributed by atoms with Crippen LogP contribution in [-0.2, 0) is 25.6 Å². The van der Waals surface area contributed by atoms with Crippen LogP contribution < -0.4 is 14.8 Å². The number of rotatable bonds is 5. The standard InChI is InChI=1S/C20H21FN2O5S/c1-2-28-19(25)12-18-23(13-17(24)22-6-8-27-9-7-22)20(26)16(29-18)11-14-4-3-5-15(21)10-14/h3-5,10-12H,2,6-9,13H2,1H3. The van der Waals surface area contributed by atoms with E-state index in [0.717, 1.165) is 11.3 Å². The van der Waals surface area contributed by atoms with Gasteiger partial charge in [-0.05, 0) is 30.7 Å². The number of carbonyl (C=O) groups is 2. The number of benzene rings is 1. The fourth-order valence-electron chi connectivity index (χ4n) is 2.87. The van der Waals surface area contributed by atoms with Crippen LogP contribution >= 0.6 is 11.3 Å². The van der Waals surface area contributed by atoms with Gasteiger partial charge in [-0.25, -0.2) is 9.18 Å². The fourth-order valence-corrected chi connectivity index (χ4v) is 3.90. The maximum Gasteiger partial charge on any atom is 0.333 e. The zero-order valence-corrected chi connectivity index (χ0v) is 16.7. The summed E-state index contributed by atoms with van der Waals surface area (Å²) < 4.78 is 25.5. The molecule has 29 heavy (non-hydrogen) atoms. The van der Waals surface area contributed by atoms with Crippen LogP contribution in [0.5, 0.6) is 0 Å². The average Bonchev–Trinajstić information content (AvgIpc) is 2.97. The van der Waals surface area contributed by atoms with Crippen molar-refractivity contribution in [1.82, 2.24) is 9.47 Å². The van der Waals surface area contributed by atoms with Crippen molar-refractivity contribution in [1.29, 1.82) is 0 Å². The second-order valence-electron chi connectivity index (χ2n) is 6.28. The highest BCUT2D eigenvalue weighted by atomic mass is 32.1. The van der Waals surface area contributed by atoms with E-state index in [2.05, 4.69) is 0 Å². The molecule has 154 valence electrons. The molecule has 2 heterocycles. The summed E-state index contributed by atoms with van der Waals surface area (Å²) in [5.74, 6) is -1.25. The third kappa shape index (κ3) is 5.39. The van der Waals surface area contributed by atoms with Crippen LogP contribution in [0.1, 0.15) is 12.5 Å². The summed E-state index contributed by atoms with van der Waals surface area (Å²) in [5.41, 5.74) is 0.0918. The van der Waals surface area contributed by atoms with E-state index in [1.165, 1.54) is 28.9 Å². The molecule has 0 atom stereocenters. The number of carbonyl (C=O) groups excluding carboxylic acids is 2. The van der Waals surface area contributed by atoms with Crippen molar-refractivity contribution < 1.29 is 23.5 Å². The first kappa shape index (κ1) is 20.9. The fraction of sp³-hybridized carbons (Fsp3) is 0.350. The minimum absolute atomic E-state index is 0.194. The summed E-state index contributed by atoms with van der Waals surface area (Å²) in [7, 11) is 0. The van der Waals surface area contributed by atoms with Gasteiger partial charge in [-0.1, -0.05) is 12.1 Å². The molecule has 0 saturated carbocycles. The molecule has 1 aromatic heterocycles. The minimum atomic E-state index is -0.598. The van der Waals surface area contributed by atoms with Crippen molar-refractivity contribution >= 4 is 35.4 Å². The first-order valence-corrected chi connectivity index (χ1v) is 10.0. The van der Waals surface area contributed by atoms with Crippen molar-refractivity contribution in [3.05, 3.63) is 55.2 Å². The highest BCUT2D eigenvalue weighted by Crippen LogP contribution is 2.04. The number of morpholine rings is 1. The molecule has 7 nitrogen and oxygen atoms in total. The summed E-state index contributed by atoms with van der Waals surface area (Å²) >= 11 is 1.05. The van der Waals surface area contributed by atoms with Crippen molar-refractivity contribution in [2.24, 2.45) is 0 Å². The Morgan fingerprint density at radius 1 is 1.31 bits per heavy atom. The third-order valence-corrected chi connectivity index (χ3v) is 5.33. The number of hydrogen-bond acceptors (Lipinski definition) is 6. The van der Waals surface area contributed by atoms with Crippen LogP contribution in [0.3, 0.4) is 0 Å². The zero-order chi connectivity index (χ0) is 20.8. The Labute approximate surface area is 170 Å². The van der Waals surface area contributed by atoms with E-state index in [0.29, 0.717) is 41.1 Å². The second kappa shape index (κ2) is 9.62. The lowest BCUT2D eigenvalue weighted by molar-refractivity contribution is -0.136. The summed E-state index contributed by atoms with van der Waals surface area (Å²) in [4.78, 5) is 39.1. The first-order valence-electron chi connectivity index (χ1n) is 9.19. The lowest BCUT2D eigenvalue weighted by Crippen LogP contribution is -2.45. The first-order chi connectivity index (χ1) is 14.0. The predicted molar refractivity (Wildman–Crippen MR) is 106 cm³/mol.